The number of rotatable bonds is 2. The lowest BCUT2D eigenvalue weighted by Crippen LogP contribution is -2.15. The molecule has 0 saturated carbocycles. The molecule has 0 fully saturated rings. The Kier molecular flexibility index (Phi) is 3.07. The average Bonchev–Trinajstić information content (AvgIpc) is 2.85. The summed E-state index contributed by atoms with van der Waals surface area (Å²) < 4.78 is 12.3. The molecule has 1 N–H and O–H groups in total. The van der Waals surface area contributed by atoms with Gasteiger partial charge in [0.15, 0.2) is 11.5 Å². The van der Waals surface area contributed by atoms with Crippen molar-refractivity contribution in [2.75, 3.05) is 13.2 Å². The van der Waals surface area contributed by atoms with E-state index in [2.05, 4.69) is 38.0 Å². The molecule has 2 heterocycles. The van der Waals surface area contributed by atoms with Gasteiger partial charge < -0.3 is 14.5 Å². The van der Waals surface area contributed by atoms with Crippen LogP contribution in [0.15, 0.2) is 40.9 Å². The summed E-state index contributed by atoms with van der Waals surface area (Å²) in [5.74, 6) is 2.49. The number of imidazole rings is 1. The highest BCUT2D eigenvalue weighted by molar-refractivity contribution is 9.10. The Bertz CT molecular complexity index is 770. The largest absolute Gasteiger partial charge is 0.486 e. The van der Waals surface area contributed by atoms with E-state index in [0.29, 0.717) is 13.2 Å². The van der Waals surface area contributed by atoms with Gasteiger partial charge >= 0.3 is 0 Å². The lowest BCUT2D eigenvalue weighted by molar-refractivity contribution is 0.172. The summed E-state index contributed by atoms with van der Waals surface area (Å²) in [4.78, 5) is 7.99. The van der Waals surface area contributed by atoms with E-state index >= 15 is 0 Å². The number of fused-ring (bicyclic) bond motifs is 2. The molecule has 0 atom stereocenters. The summed E-state index contributed by atoms with van der Waals surface area (Å²) >= 11 is 3.49. The molecule has 4 rings (SSSR count). The smallest absolute Gasteiger partial charge is 0.163 e. The van der Waals surface area contributed by atoms with Gasteiger partial charge in [0.25, 0.3) is 0 Å². The molecular weight excluding hydrogens is 332 g/mol. The molecule has 1 aliphatic heterocycles. The number of hydrogen-bond acceptors (Lipinski definition) is 3. The third kappa shape index (κ3) is 2.49. The van der Waals surface area contributed by atoms with Crippen molar-refractivity contribution < 1.29 is 9.47 Å². The summed E-state index contributed by atoms with van der Waals surface area (Å²) in [6.45, 7) is 1.19. The standard InChI is InChI=1S/C16H13BrN2O2/c17-11-3-1-2-10(6-11)7-16-18-12-8-14-15(9-13(12)19-16)21-5-4-20-14/h1-3,6,8-9H,4-5,7H2,(H,18,19). The minimum absolute atomic E-state index is 0.591. The van der Waals surface area contributed by atoms with Crippen molar-refractivity contribution in [3.8, 4) is 11.5 Å². The molecule has 0 unspecified atom stereocenters. The highest BCUT2D eigenvalue weighted by Gasteiger charge is 2.14. The van der Waals surface area contributed by atoms with Crippen molar-refractivity contribution in [3.63, 3.8) is 0 Å². The van der Waals surface area contributed by atoms with E-state index in [4.69, 9.17) is 9.47 Å². The lowest BCUT2D eigenvalue weighted by atomic mass is 10.1. The number of hydrogen-bond donors (Lipinski definition) is 1. The lowest BCUT2D eigenvalue weighted by Gasteiger charge is -2.17. The van der Waals surface area contributed by atoms with Crippen LogP contribution in [-0.4, -0.2) is 23.2 Å². The molecule has 1 aliphatic rings. The van der Waals surface area contributed by atoms with Crippen LogP contribution in [0.25, 0.3) is 11.0 Å². The summed E-state index contributed by atoms with van der Waals surface area (Å²) in [7, 11) is 0. The third-order valence-electron chi connectivity index (χ3n) is 3.46. The zero-order valence-corrected chi connectivity index (χ0v) is 12.8. The Labute approximate surface area is 130 Å². The fourth-order valence-electron chi connectivity index (χ4n) is 2.52. The van der Waals surface area contributed by atoms with Crippen LogP contribution in [0.4, 0.5) is 0 Å². The van der Waals surface area contributed by atoms with Gasteiger partial charge in [0.2, 0.25) is 0 Å². The van der Waals surface area contributed by atoms with E-state index in [9.17, 15) is 0 Å². The van der Waals surface area contributed by atoms with Crippen molar-refractivity contribution >= 4 is 27.0 Å². The SMILES string of the molecule is Brc1cccc(Cc2nc3cc4c(cc3[nH]2)OCCO4)c1. The zero-order valence-electron chi connectivity index (χ0n) is 11.2. The van der Waals surface area contributed by atoms with Crippen LogP contribution >= 0.6 is 15.9 Å². The van der Waals surface area contributed by atoms with E-state index in [1.54, 1.807) is 0 Å². The molecular formula is C16H13BrN2O2. The van der Waals surface area contributed by atoms with E-state index in [1.165, 1.54) is 5.56 Å². The molecule has 0 amide bonds. The number of nitrogens with zero attached hydrogens (tertiary/aromatic N) is 1. The second-order valence-electron chi connectivity index (χ2n) is 5.00. The topological polar surface area (TPSA) is 47.1 Å². The fourth-order valence-corrected chi connectivity index (χ4v) is 2.97. The molecule has 4 nitrogen and oxygen atoms in total. The molecule has 0 spiro atoms. The predicted octanol–water partition coefficient (Wildman–Crippen LogP) is 3.69. The minimum atomic E-state index is 0.591. The van der Waals surface area contributed by atoms with Crippen molar-refractivity contribution in [2.45, 2.75) is 6.42 Å². The highest BCUT2D eigenvalue weighted by Crippen LogP contribution is 2.33. The van der Waals surface area contributed by atoms with Gasteiger partial charge in [-0.1, -0.05) is 28.1 Å². The van der Waals surface area contributed by atoms with Crippen LogP contribution in [-0.2, 0) is 6.42 Å². The maximum Gasteiger partial charge on any atom is 0.163 e. The summed E-state index contributed by atoms with van der Waals surface area (Å²) in [5, 5.41) is 0. The summed E-state index contributed by atoms with van der Waals surface area (Å²) in [6, 6.07) is 12.1. The summed E-state index contributed by atoms with van der Waals surface area (Å²) in [5.41, 5.74) is 3.09. The van der Waals surface area contributed by atoms with Crippen molar-refractivity contribution in [3.05, 3.63) is 52.3 Å². The highest BCUT2D eigenvalue weighted by atomic mass is 79.9. The summed E-state index contributed by atoms with van der Waals surface area (Å²) in [6.07, 6.45) is 0.764. The van der Waals surface area contributed by atoms with Crippen LogP contribution in [0.2, 0.25) is 0 Å². The second-order valence-corrected chi connectivity index (χ2v) is 5.92. The van der Waals surface area contributed by atoms with E-state index in [1.807, 2.05) is 24.3 Å². The molecule has 0 saturated heterocycles. The molecule has 2 aromatic carbocycles. The van der Waals surface area contributed by atoms with Crippen LogP contribution in [0.3, 0.4) is 0 Å². The van der Waals surface area contributed by atoms with Crippen LogP contribution in [0.5, 0.6) is 11.5 Å². The first kappa shape index (κ1) is 12.7. The number of H-pyrrole nitrogens is 1. The van der Waals surface area contributed by atoms with Crippen molar-refractivity contribution in [1.29, 1.82) is 0 Å². The minimum Gasteiger partial charge on any atom is -0.486 e. The molecule has 0 radical (unpaired) electrons. The molecule has 5 heteroatoms. The molecule has 1 aromatic heterocycles. The van der Waals surface area contributed by atoms with E-state index in [0.717, 1.165) is 39.3 Å². The first-order valence-electron chi connectivity index (χ1n) is 6.80. The third-order valence-corrected chi connectivity index (χ3v) is 3.95. The van der Waals surface area contributed by atoms with E-state index < -0.39 is 0 Å². The number of nitrogens with one attached hydrogen (secondary N) is 1. The molecule has 106 valence electrons. The molecule has 0 aliphatic carbocycles. The van der Waals surface area contributed by atoms with Gasteiger partial charge in [0, 0.05) is 23.0 Å². The fraction of sp³-hybridized carbons (Fsp3) is 0.188. The predicted molar refractivity (Wildman–Crippen MR) is 84.0 cm³/mol. The van der Waals surface area contributed by atoms with Gasteiger partial charge in [0.05, 0.1) is 11.0 Å². The van der Waals surface area contributed by atoms with Gasteiger partial charge in [-0.25, -0.2) is 4.98 Å². The number of aromatic amines is 1. The number of benzene rings is 2. The first-order chi connectivity index (χ1) is 10.3. The molecule has 21 heavy (non-hydrogen) atoms. The first-order valence-corrected chi connectivity index (χ1v) is 7.60. The monoisotopic (exact) mass is 344 g/mol. The quantitative estimate of drug-likeness (QED) is 0.771. The van der Waals surface area contributed by atoms with Crippen LogP contribution in [0, 0.1) is 0 Å². The van der Waals surface area contributed by atoms with Crippen LogP contribution < -0.4 is 9.47 Å². The second kappa shape index (κ2) is 5.07. The number of aromatic nitrogens is 2. The van der Waals surface area contributed by atoms with Crippen molar-refractivity contribution in [2.24, 2.45) is 0 Å². The van der Waals surface area contributed by atoms with Gasteiger partial charge in [-0.15, -0.1) is 0 Å². The van der Waals surface area contributed by atoms with Gasteiger partial charge in [0.1, 0.15) is 19.0 Å². The Morgan fingerprint density at radius 3 is 2.71 bits per heavy atom. The maximum absolute atomic E-state index is 5.60. The Morgan fingerprint density at radius 1 is 1.10 bits per heavy atom. The molecule has 3 aromatic rings. The Morgan fingerprint density at radius 2 is 1.90 bits per heavy atom. The van der Waals surface area contributed by atoms with Gasteiger partial charge in [-0.05, 0) is 17.7 Å². The number of ether oxygens (including phenoxy) is 2. The van der Waals surface area contributed by atoms with Gasteiger partial charge in [-0.3, -0.25) is 0 Å². The maximum atomic E-state index is 5.60. The van der Waals surface area contributed by atoms with E-state index in [-0.39, 0.29) is 0 Å². The number of halogens is 1. The zero-order chi connectivity index (χ0) is 14.2. The average molecular weight is 345 g/mol. The Balaban J connectivity index is 1.70. The normalized spacial score (nSPS) is 13.6. The molecule has 0 bridgehead atoms. The Hall–Kier alpha value is -2.01. The van der Waals surface area contributed by atoms with Crippen molar-refractivity contribution in [1.82, 2.24) is 9.97 Å². The van der Waals surface area contributed by atoms with Gasteiger partial charge in [-0.2, -0.15) is 0 Å². The van der Waals surface area contributed by atoms with Crippen LogP contribution in [0.1, 0.15) is 11.4 Å².